The number of hydrogen-bond donors (Lipinski definition) is 2. The summed E-state index contributed by atoms with van der Waals surface area (Å²) in [6, 6.07) is 4.75. The first-order chi connectivity index (χ1) is 9.54. The summed E-state index contributed by atoms with van der Waals surface area (Å²) in [4.78, 5) is 12.1. The molecule has 0 radical (unpaired) electrons. The molecule has 0 unspecified atom stereocenters. The van der Waals surface area contributed by atoms with Crippen LogP contribution < -0.4 is 10.1 Å². The zero-order valence-electron chi connectivity index (χ0n) is 11.6. The molecule has 2 rings (SSSR count). The molecule has 0 fully saturated rings. The lowest BCUT2D eigenvalue weighted by atomic mass is 10.1. The Hall–Kier alpha value is -2.50. The normalized spacial score (nSPS) is 10.3. The zero-order valence-corrected chi connectivity index (χ0v) is 11.6. The van der Waals surface area contributed by atoms with Crippen molar-refractivity contribution in [3.63, 3.8) is 0 Å². The van der Waals surface area contributed by atoms with Crippen molar-refractivity contribution in [2.75, 3.05) is 7.11 Å². The van der Waals surface area contributed by atoms with E-state index >= 15 is 0 Å². The lowest BCUT2D eigenvalue weighted by molar-refractivity contribution is 0.0947. The Bertz CT molecular complexity index is 615. The van der Waals surface area contributed by atoms with Crippen LogP contribution in [0.2, 0.25) is 0 Å². The molecule has 0 saturated carbocycles. The lowest BCUT2D eigenvalue weighted by Crippen LogP contribution is -2.23. The predicted molar refractivity (Wildman–Crippen MR) is 71.8 cm³/mol. The molecule has 1 amide bonds. The van der Waals surface area contributed by atoms with Crippen molar-refractivity contribution in [3.8, 4) is 11.5 Å². The maximum atomic E-state index is 12.1. The maximum Gasteiger partial charge on any atom is 0.255 e. The predicted octanol–water partition coefficient (Wildman–Crippen LogP) is 1.94. The second-order valence-corrected chi connectivity index (χ2v) is 4.34. The Balaban J connectivity index is 2.13. The van der Waals surface area contributed by atoms with Crippen molar-refractivity contribution in [2.45, 2.75) is 20.4 Å². The Labute approximate surface area is 116 Å². The Morgan fingerprint density at radius 3 is 2.80 bits per heavy atom. The molecule has 2 aromatic rings. The first-order valence-electron chi connectivity index (χ1n) is 6.10. The second kappa shape index (κ2) is 5.64. The minimum atomic E-state index is -0.388. The number of para-hydroxylation sites is 1. The van der Waals surface area contributed by atoms with Gasteiger partial charge < -0.3 is 19.7 Å². The number of nitrogens with one attached hydrogen (secondary N) is 1. The van der Waals surface area contributed by atoms with Crippen LogP contribution in [0.15, 0.2) is 22.7 Å². The van der Waals surface area contributed by atoms with E-state index in [1.54, 1.807) is 26.0 Å². The van der Waals surface area contributed by atoms with Crippen molar-refractivity contribution >= 4 is 5.91 Å². The first kappa shape index (κ1) is 13.9. The number of aromatic nitrogens is 1. The number of benzene rings is 1. The fourth-order valence-electron chi connectivity index (χ4n) is 1.89. The monoisotopic (exact) mass is 276 g/mol. The van der Waals surface area contributed by atoms with Crippen LogP contribution >= 0.6 is 0 Å². The highest BCUT2D eigenvalue weighted by atomic mass is 16.5. The highest BCUT2D eigenvalue weighted by Crippen LogP contribution is 2.29. The smallest absolute Gasteiger partial charge is 0.255 e. The number of carbonyl (C=O) groups is 1. The number of aryl methyl sites for hydroxylation is 2. The molecular formula is C14H16N2O4. The molecular weight excluding hydrogens is 260 g/mol. The van der Waals surface area contributed by atoms with Crippen LogP contribution in [0.25, 0.3) is 0 Å². The topological polar surface area (TPSA) is 84.6 Å². The summed E-state index contributed by atoms with van der Waals surface area (Å²) in [7, 11) is 1.43. The molecule has 1 aromatic heterocycles. The number of aromatic hydroxyl groups is 1. The van der Waals surface area contributed by atoms with Crippen molar-refractivity contribution < 1.29 is 19.2 Å². The highest BCUT2D eigenvalue weighted by Gasteiger charge is 2.16. The zero-order chi connectivity index (χ0) is 14.7. The van der Waals surface area contributed by atoms with E-state index in [-0.39, 0.29) is 29.5 Å². The van der Waals surface area contributed by atoms with Gasteiger partial charge in [-0.25, -0.2) is 0 Å². The fourth-order valence-corrected chi connectivity index (χ4v) is 1.89. The number of rotatable bonds is 4. The summed E-state index contributed by atoms with van der Waals surface area (Å²) >= 11 is 0. The molecule has 1 heterocycles. The molecule has 1 aromatic carbocycles. The molecule has 2 N–H and O–H groups in total. The average molecular weight is 276 g/mol. The molecule has 0 atom stereocenters. The molecule has 0 aliphatic heterocycles. The molecule has 6 nitrogen and oxygen atoms in total. The Morgan fingerprint density at radius 1 is 1.45 bits per heavy atom. The minimum Gasteiger partial charge on any atom is -0.504 e. The van der Waals surface area contributed by atoms with Gasteiger partial charge in [0.15, 0.2) is 11.5 Å². The molecule has 0 saturated heterocycles. The number of carbonyl (C=O) groups excluding carboxylic acids is 1. The quantitative estimate of drug-likeness (QED) is 0.891. The number of nitrogens with zero attached hydrogens (tertiary/aromatic N) is 1. The summed E-state index contributed by atoms with van der Waals surface area (Å²) in [6.07, 6.45) is 0. The van der Waals surface area contributed by atoms with E-state index in [2.05, 4.69) is 10.5 Å². The lowest BCUT2D eigenvalue weighted by Gasteiger charge is -2.09. The van der Waals surface area contributed by atoms with Crippen LogP contribution in [0.5, 0.6) is 11.5 Å². The van der Waals surface area contributed by atoms with Crippen molar-refractivity contribution in [1.82, 2.24) is 10.5 Å². The third kappa shape index (κ3) is 2.59. The number of hydrogen-bond acceptors (Lipinski definition) is 5. The van der Waals surface area contributed by atoms with Crippen molar-refractivity contribution in [1.29, 1.82) is 0 Å². The van der Waals surface area contributed by atoms with E-state index in [0.717, 1.165) is 11.3 Å². The van der Waals surface area contributed by atoms with E-state index in [0.29, 0.717) is 5.76 Å². The van der Waals surface area contributed by atoms with Gasteiger partial charge in [0.2, 0.25) is 0 Å². The summed E-state index contributed by atoms with van der Waals surface area (Å²) in [5, 5.41) is 16.4. The molecule has 0 bridgehead atoms. The van der Waals surface area contributed by atoms with Crippen molar-refractivity contribution in [3.05, 3.63) is 40.8 Å². The summed E-state index contributed by atoms with van der Waals surface area (Å²) in [6.45, 7) is 3.88. The molecule has 0 spiro atoms. The Morgan fingerprint density at radius 2 is 2.20 bits per heavy atom. The average Bonchev–Trinajstić information content (AvgIpc) is 2.76. The van der Waals surface area contributed by atoms with E-state index in [9.17, 15) is 9.90 Å². The van der Waals surface area contributed by atoms with Crippen molar-refractivity contribution in [2.24, 2.45) is 0 Å². The molecule has 6 heteroatoms. The van der Waals surface area contributed by atoms with Gasteiger partial charge in [-0.15, -0.1) is 0 Å². The van der Waals surface area contributed by atoms with E-state index in [1.165, 1.54) is 13.2 Å². The second-order valence-electron chi connectivity index (χ2n) is 4.34. The van der Waals surface area contributed by atoms with Crippen LogP contribution in [0.3, 0.4) is 0 Å². The van der Waals surface area contributed by atoms with Gasteiger partial charge in [0.05, 0.1) is 18.4 Å². The van der Waals surface area contributed by atoms with E-state index in [1.807, 2.05) is 0 Å². The van der Waals surface area contributed by atoms with Gasteiger partial charge in [-0.1, -0.05) is 11.2 Å². The first-order valence-corrected chi connectivity index (χ1v) is 6.10. The number of ether oxygens (including phenoxy) is 1. The third-order valence-corrected chi connectivity index (χ3v) is 3.07. The van der Waals surface area contributed by atoms with Crippen LogP contribution in [-0.2, 0) is 6.54 Å². The number of phenolic OH excluding ortho intramolecular Hbond substituents is 1. The van der Waals surface area contributed by atoms with Crippen LogP contribution in [0.4, 0.5) is 0 Å². The van der Waals surface area contributed by atoms with Crippen LogP contribution in [0, 0.1) is 13.8 Å². The van der Waals surface area contributed by atoms with Gasteiger partial charge in [0.25, 0.3) is 5.91 Å². The molecule has 106 valence electrons. The standard InChI is InChI=1S/C14H16N2O4/c1-8-11(9(2)20-16-8)7-15-14(18)10-5-4-6-12(19-3)13(10)17/h4-6,17H,7H2,1-3H3,(H,15,18). The van der Waals surface area contributed by atoms with E-state index < -0.39 is 0 Å². The molecule has 20 heavy (non-hydrogen) atoms. The van der Waals surface area contributed by atoms with Gasteiger partial charge in [0, 0.05) is 12.1 Å². The van der Waals surface area contributed by atoms with Gasteiger partial charge >= 0.3 is 0 Å². The SMILES string of the molecule is COc1cccc(C(=O)NCc2c(C)noc2C)c1O. The highest BCUT2D eigenvalue weighted by molar-refractivity contribution is 5.97. The molecule has 0 aliphatic rings. The summed E-state index contributed by atoms with van der Waals surface area (Å²) in [5.41, 5.74) is 1.73. The third-order valence-electron chi connectivity index (χ3n) is 3.07. The number of methoxy groups -OCH3 is 1. The molecule has 0 aliphatic carbocycles. The number of phenols is 1. The Kier molecular flexibility index (Phi) is 3.93. The van der Waals surface area contributed by atoms with Crippen LogP contribution in [0.1, 0.15) is 27.4 Å². The summed E-state index contributed by atoms with van der Waals surface area (Å²) < 4.78 is 9.99. The van der Waals surface area contributed by atoms with Gasteiger partial charge in [-0.3, -0.25) is 4.79 Å². The summed E-state index contributed by atoms with van der Waals surface area (Å²) in [5.74, 6) is 0.361. The van der Waals surface area contributed by atoms with E-state index in [4.69, 9.17) is 9.26 Å². The van der Waals surface area contributed by atoms with Crippen LogP contribution in [-0.4, -0.2) is 23.3 Å². The fraction of sp³-hybridized carbons (Fsp3) is 0.286. The number of amides is 1. The maximum absolute atomic E-state index is 12.1. The minimum absolute atomic E-state index is 0.163. The van der Waals surface area contributed by atoms with Gasteiger partial charge in [0.1, 0.15) is 5.76 Å². The van der Waals surface area contributed by atoms with Gasteiger partial charge in [-0.05, 0) is 26.0 Å². The van der Waals surface area contributed by atoms with Gasteiger partial charge in [-0.2, -0.15) is 0 Å². The largest absolute Gasteiger partial charge is 0.504 e.